The van der Waals surface area contributed by atoms with Crippen molar-refractivity contribution in [2.45, 2.75) is 62.7 Å². The SMILES string of the molecule is CCS(=O)C1CCCC(Nc2ccc3nnc(C4CC4)n3n2)C1. The van der Waals surface area contributed by atoms with Crippen LogP contribution >= 0.6 is 0 Å². The maximum atomic E-state index is 12.1. The van der Waals surface area contributed by atoms with Crippen LogP contribution in [0.5, 0.6) is 0 Å². The van der Waals surface area contributed by atoms with E-state index in [9.17, 15) is 4.21 Å². The van der Waals surface area contributed by atoms with E-state index >= 15 is 0 Å². The van der Waals surface area contributed by atoms with Gasteiger partial charge in [-0.05, 0) is 44.2 Å². The van der Waals surface area contributed by atoms with E-state index in [1.165, 1.54) is 12.8 Å². The average Bonchev–Trinajstić information content (AvgIpc) is 3.34. The van der Waals surface area contributed by atoms with Crippen LogP contribution in [0.4, 0.5) is 5.82 Å². The normalized spacial score (nSPS) is 26.3. The lowest BCUT2D eigenvalue weighted by atomic mass is 9.95. The Hall–Kier alpha value is -1.50. The number of aromatic nitrogens is 4. The zero-order chi connectivity index (χ0) is 15.8. The highest BCUT2D eigenvalue weighted by Gasteiger charge is 2.30. The van der Waals surface area contributed by atoms with E-state index in [1.54, 1.807) is 0 Å². The van der Waals surface area contributed by atoms with Crippen LogP contribution in [0.15, 0.2) is 12.1 Å². The predicted molar refractivity (Wildman–Crippen MR) is 91.1 cm³/mol. The van der Waals surface area contributed by atoms with Crippen molar-refractivity contribution in [3.63, 3.8) is 0 Å². The van der Waals surface area contributed by atoms with Gasteiger partial charge in [0.25, 0.3) is 0 Å². The van der Waals surface area contributed by atoms with E-state index in [1.807, 2.05) is 23.6 Å². The number of nitrogens with zero attached hydrogens (tertiary/aromatic N) is 4. The topological polar surface area (TPSA) is 72.2 Å². The Morgan fingerprint density at radius 2 is 2.13 bits per heavy atom. The standard InChI is InChI=1S/C16H23N5OS/c1-2-23(22)13-5-3-4-12(10-13)17-14-8-9-15-18-19-16(11-6-7-11)21(15)20-14/h8-9,11-13H,2-7,10H2,1H3,(H,17,20). The third-order valence-electron chi connectivity index (χ3n) is 4.86. The molecule has 2 aromatic heterocycles. The minimum Gasteiger partial charge on any atom is -0.366 e. The predicted octanol–water partition coefficient (Wildman–Crippen LogP) is 2.49. The summed E-state index contributed by atoms with van der Waals surface area (Å²) >= 11 is 0. The smallest absolute Gasteiger partial charge is 0.178 e. The van der Waals surface area contributed by atoms with Crippen molar-refractivity contribution in [2.24, 2.45) is 0 Å². The second kappa shape index (κ2) is 6.19. The first kappa shape index (κ1) is 15.1. The van der Waals surface area contributed by atoms with Crippen LogP contribution in [-0.4, -0.2) is 41.1 Å². The van der Waals surface area contributed by atoms with Gasteiger partial charge < -0.3 is 5.32 Å². The zero-order valence-electron chi connectivity index (χ0n) is 13.4. The Labute approximate surface area is 138 Å². The van der Waals surface area contributed by atoms with Gasteiger partial charge >= 0.3 is 0 Å². The van der Waals surface area contributed by atoms with E-state index in [-0.39, 0.29) is 0 Å². The molecular formula is C16H23N5OS. The molecule has 1 N–H and O–H groups in total. The van der Waals surface area contributed by atoms with Crippen molar-refractivity contribution in [1.29, 1.82) is 0 Å². The van der Waals surface area contributed by atoms with Crippen molar-refractivity contribution < 1.29 is 4.21 Å². The summed E-state index contributed by atoms with van der Waals surface area (Å²) < 4.78 is 14.0. The number of nitrogens with one attached hydrogen (secondary N) is 1. The molecule has 2 aromatic rings. The van der Waals surface area contributed by atoms with Crippen molar-refractivity contribution in [2.75, 3.05) is 11.1 Å². The molecule has 6 nitrogen and oxygen atoms in total. The summed E-state index contributed by atoms with van der Waals surface area (Å²) in [6.07, 6.45) is 6.69. The molecule has 0 bridgehead atoms. The first-order valence-electron chi connectivity index (χ1n) is 8.60. The summed E-state index contributed by atoms with van der Waals surface area (Å²) in [5.41, 5.74) is 0.811. The molecule has 3 unspecified atom stereocenters. The molecule has 2 fully saturated rings. The fourth-order valence-corrected chi connectivity index (χ4v) is 4.79. The zero-order valence-corrected chi connectivity index (χ0v) is 14.3. The molecule has 2 aliphatic carbocycles. The molecular weight excluding hydrogens is 310 g/mol. The van der Waals surface area contributed by atoms with Gasteiger partial charge in [-0.1, -0.05) is 13.3 Å². The monoisotopic (exact) mass is 333 g/mol. The first-order chi connectivity index (χ1) is 11.2. The van der Waals surface area contributed by atoms with Crippen molar-refractivity contribution in [3.8, 4) is 0 Å². The largest absolute Gasteiger partial charge is 0.366 e. The molecule has 124 valence electrons. The summed E-state index contributed by atoms with van der Waals surface area (Å²) in [6, 6.07) is 4.30. The van der Waals surface area contributed by atoms with Gasteiger partial charge in [-0.2, -0.15) is 4.52 Å². The molecule has 0 spiro atoms. The van der Waals surface area contributed by atoms with Crippen LogP contribution in [0.1, 0.15) is 57.2 Å². The Bertz CT molecular complexity index is 726. The van der Waals surface area contributed by atoms with Gasteiger partial charge in [0.1, 0.15) is 5.82 Å². The summed E-state index contributed by atoms with van der Waals surface area (Å²) in [4.78, 5) is 0. The minimum absolute atomic E-state index is 0.326. The van der Waals surface area contributed by atoms with Gasteiger partial charge in [-0.15, -0.1) is 15.3 Å². The molecule has 0 amide bonds. The van der Waals surface area contributed by atoms with Gasteiger partial charge in [-0.3, -0.25) is 4.21 Å². The van der Waals surface area contributed by atoms with E-state index in [0.29, 0.717) is 17.2 Å². The lowest BCUT2D eigenvalue weighted by Crippen LogP contribution is -2.33. The fraction of sp³-hybridized carbons (Fsp3) is 0.688. The van der Waals surface area contributed by atoms with Gasteiger partial charge in [0.2, 0.25) is 0 Å². The van der Waals surface area contributed by atoms with Crippen molar-refractivity contribution >= 4 is 22.3 Å². The highest BCUT2D eigenvalue weighted by molar-refractivity contribution is 7.85. The van der Waals surface area contributed by atoms with Crippen molar-refractivity contribution in [1.82, 2.24) is 19.8 Å². The van der Waals surface area contributed by atoms with Gasteiger partial charge in [0.05, 0.1) is 0 Å². The fourth-order valence-electron chi connectivity index (χ4n) is 3.44. The molecule has 0 saturated heterocycles. The first-order valence-corrected chi connectivity index (χ1v) is 9.99. The van der Waals surface area contributed by atoms with Crippen LogP contribution in [0.3, 0.4) is 0 Å². The van der Waals surface area contributed by atoms with Crippen LogP contribution in [-0.2, 0) is 10.8 Å². The summed E-state index contributed by atoms with van der Waals surface area (Å²) in [5, 5.41) is 17.0. The average molecular weight is 333 g/mol. The maximum absolute atomic E-state index is 12.1. The van der Waals surface area contributed by atoms with Crippen LogP contribution in [0, 0.1) is 0 Å². The molecule has 4 rings (SSSR count). The highest BCUT2D eigenvalue weighted by Crippen LogP contribution is 2.38. The molecule has 23 heavy (non-hydrogen) atoms. The van der Waals surface area contributed by atoms with Crippen LogP contribution in [0.25, 0.3) is 5.65 Å². The molecule has 0 aliphatic heterocycles. The Morgan fingerprint density at radius 1 is 1.26 bits per heavy atom. The lowest BCUT2D eigenvalue weighted by molar-refractivity contribution is 0.464. The van der Waals surface area contributed by atoms with E-state index in [4.69, 9.17) is 0 Å². The number of hydrogen-bond acceptors (Lipinski definition) is 5. The number of rotatable bonds is 5. The molecule has 2 saturated carbocycles. The Kier molecular flexibility index (Phi) is 4.05. The second-order valence-corrected chi connectivity index (χ2v) is 8.63. The molecule has 7 heteroatoms. The molecule has 0 aromatic carbocycles. The number of hydrogen-bond donors (Lipinski definition) is 1. The Morgan fingerprint density at radius 3 is 2.91 bits per heavy atom. The molecule has 2 aliphatic rings. The van der Waals surface area contributed by atoms with E-state index in [2.05, 4.69) is 20.6 Å². The lowest BCUT2D eigenvalue weighted by Gasteiger charge is -2.29. The third-order valence-corrected chi connectivity index (χ3v) is 6.60. The van der Waals surface area contributed by atoms with Crippen molar-refractivity contribution in [3.05, 3.63) is 18.0 Å². The summed E-state index contributed by atoms with van der Waals surface area (Å²) in [7, 11) is -0.695. The Balaban J connectivity index is 1.50. The van der Waals surface area contributed by atoms with Gasteiger partial charge in [0, 0.05) is 33.8 Å². The second-order valence-electron chi connectivity index (χ2n) is 6.62. The van der Waals surface area contributed by atoms with Gasteiger partial charge in [0.15, 0.2) is 11.5 Å². The number of fused-ring (bicyclic) bond motifs is 1. The van der Waals surface area contributed by atoms with E-state index in [0.717, 1.165) is 48.7 Å². The molecule has 2 heterocycles. The quantitative estimate of drug-likeness (QED) is 0.910. The number of anilines is 1. The van der Waals surface area contributed by atoms with E-state index < -0.39 is 10.8 Å². The third kappa shape index (κ3) is 3.11. The summed E-state index contributed by atoms with van der Waals surface area (Å²) in [5.74, 6) is 3.13. The van der Waals surface area contributed by atoms with Crippen LogP contribution in [0.2, 0.25) is 0 Å². The molecule has 3 atom stereocenters. The summed E-state index contributed by atoms with van der Waals surface area (Å²) in [6.45, 7) is 2.01. The van der Waals surface area contributed by atoms with Crippen LogP contribution < -0.4 is 5.32 Å². The minimum atomic E-state index is -0.695. The maximum Gasteiger partial charge on any atom is 0.178 e. The molecule has 0 radical (unpaired) electrons. The van der Waals surface area contributed by atoms with Gasteiger partial charge in [-0.25, -0.2) is 0 Å². The highest BCUT2D eigenvalue weighted by atomic mass is 32.2.